The van der Waals surface area contributed by atoms with Crippen molar-refractivity contribution in [3.8, 4) is 5.75 Å². The molecule has 0 radical (unpaired) electrons. The van der Waals surface area contributed by atoms with E-state index in [-0.39, 0.29) is 11.8 Å². The Morgan fingerprint density at radius 1 is 1.24 bits per heavy atom. The Morgan fingerprint density at radius 3 is 2.44 bits per heavy atom. The minimum Gasteiger partial charge on any atom is -0.494 e. The first-order valence-corrected chi connectivity index (χ1v) is 9.27. The number of piperidine rings is 1. The molecule has 1 aromatic rings. The van der Waals surface area contributed by atoms with Crippen LogP contribution < -0.4 is 10.1 Å². The van der Waals surface area contributed by atoms with E-state index in [2.05, 4.69) is 17.4 Å². The fourth-order valence-corrected chi connectivity index (χ4v) is 3.37. The van der Waals surface area contributed by atoms with E-state index in [0.717, 1.165) is 44.5 Å². The molecule has 0 aliphatic carbocycles. The van der Waals surface area contributed by atoms with E-state index in [1.54, 1.807) is 6.92 Å². The summed E-state index contributed by atoms with van der Waals surface area (Å²) in [4.78, 5) is 25.3. The first kappa shape index (κ1) is 19.3. The molecule has 1 aromatic carbocycles. The van der Waals surface area contributed by atoms with E-state index < -0.39 is 6.04 Å². The van der Waals surface area contributed by atoms with E-state index in [1.165, 1.54) is 12.5 Å². The summed E-state index contributed by atoms with van der Waals surface area (Å²) in [5, 5.41) is 2.67. The number of hydrogen-bond acceptors (Lipinski definition) is 3. The monoisotopic (exact) mass is 346 g/mol. The second-order valence-corrected chi connectivity index (χ2v) is 6.81. The number of benzene rings is 1. The molecular formula is C20H30N2O3. The van der Waals surface area contributed by atoms with Crippen LogP contribution in [0.3, 0.4) is 0 Å². The van der Waals surface area contributed by atoms with Gasteiger partial charge < -0.3 is 15.0 Å². The van der Waals surface area contributed by atoms with Gasteiger partial charge in [0, 0.05) is 20.0 Å². The molecule has 5 heteroatoms. The normalized spacial score (nSPS) is 16.4. The Hall–Kier alpha value is -2.04. The highest BCUT2D eigenvalue weighted by molar-refractivity contribution is 5.86. The summed E-state index contributed by atoms with van der Waals surface area (Å²) in [6, 6.07) is 7.91. The molecule has 1 saturated heterocycles. The summed E-state index contributed by atoms with van der Waals surface area (Å²) in [5.74, 6) is 1.45. The average Bonchev–Trinajstić information content (AvgIpc) is 2.60. The zero-order valence-corrected chi connectivity index (χ0v) is 15.6. The van der Waals surface area contributed by atoms with Crippen molar-refractivity contribution in [3.63, 3.8) is 0 Å². The molecule has 2 amide bonds. The van der Waals surface area contributed by atoms with Crippen molar-refractivity contribution in [2.45, 2.75) is 52.5 Å². The summed E-state index contributed by atoms with van der Waals surface area (Å²) < 4.78 is 5.47. The number of nitrogens with one attached hydrogen (secondary N) is 1. The van der Waals surface area contributed by atoms with Gasteiger partial charge in [-0.15, -0.1) is 0 Å². The summed E-state index contributed by atoms with van der Waals surface area (Å²) in [5.41, 5.74) is 1.33. The van der Waals surface area contributed by atoms with E-state index in [1.807, 2.05) is 24.0 Å². The minimum absolute atomic E-state index is 0.0279. The van der Waals surface area contributed by atoms with Crippen LogP contribution in [0.4, 0.5) is 0 Å². The lowest BCUT2D eigenvalue weighted by molar-refractivity contribution is -0.136. The molecule has 0 saturated carbocycles. The van der Waals surface area contributed by atoms with Gasteiger partial charge in [-0.2, -0.15) is 0 Å². The maximum atomic E-state index is 12.3. The summed E-state index contributed by atoms with van der Waals surface area (Å²) in [7, 11) is 0. The number of ether oxygens (including phenoxy) is 1. The van der Waals surface area contributed by atoms with Crippen molar-refractivity contribution in [2.75, 3.05) is 19.7 Å². The standard InChI is InChI=1S/C20H30N2O3/c1-4-25-19-9-7-17(8-10-19)5-6-18-11-13-22(14-12-18)20(24)15(2)21-16(3)23/h7-10,15,18H,4-6,11-14H2,1-3H3,(H,21,23)/t15-/m0/s1. The molecule has 1 atom stereocenters. The fraction of sp³-hybridized carbons (Fsp3) is 0.600. The summed E-state index contributed by atoms with van der Waals surface area (Å²) in [6.07, 6.45) is 4.29. The van der Waals surface area contributed by atoms with Crippen LogP contribution >= 0.6 is 0 Å². The number of likely N-dealkylation sites (tertiary alicyclic amines) is 1. The van der Waals surface area contributed by atoms with Gasteiger partial charge >= 0.3 is 0 Å². The Morgan fingerprint density at radius 2 is 1.88 bits per heavy atom. The van der Waals surface area contributed by atoms with Crippen LogP contribution in [0.1, 0.15) is 45.6 Å². The molecule has 0 unspecified atom stereocenters. The lowest BCUT2D eigenvalue weighted by atomic mass is 9.90. The molecule has 1 aliphatic rings. The van der Waals surface area contributed by atoms with Crippen LogP contribution in [-0.2, 0) is 16.0 Å². The van der Waals surface area contributed by atoms with Gasteiger partial charge in [-0.3, -0.25) is 9.59 Å². The Kier molecular flexibility index (Phi) is 7.29. The molecule has 5 nitrogen and oxygen atoms in total. The number of aryl methyl sites for hydroxylation is 1. The number of nitrogens with zero attached hydrogens (tertiary/aromatic N) is 1. The number of carbonyl (C=O) groups excluding carboxylic acids is 2. The maximum Gasteiger partial charge on any atom is 0.244 e. The van der Waals surface area contributed by atoms with Gasteiger partial charge in [0.05, 0.1) is 6.61 Å². The van der Waals surface area contributed by atoms with Gasteiger partial charge in [-0.25, -0.2) is 0 Å². The molecule has 1 fully saturated rings. The summed E-state index contributed by atoms with van der Waals surface area (Å²) >= 11 is 0. The average molecular weight is 346 g/mol. The molecule has 1 heterocycles. The van der Waals surface area contributed by atoms with Gasteiger partial charge in [0.15, 0.2) is 0 Å². The number of rotatable bonds is 7. The number of carbonyl (C=O) groups is 2. The van der Waals surface area contributed by atoms with Gasteiger partial charge in [0.25, 0.3) is 0 Å². The smallest absolute Gasteiger partial charge is 0.244 e. The largest absolute Gasteiger partial charge is 0.494 e. The molecule has 25 heavy (non-hydrogen) atoms. The van der Waals surface area contributed by atoms with Crippen LogP contribution in [0.25, 0.3) is 0 Å². The van der Waals surface area contributed by atoms with Crippen molar-refractivity contribution >= 4 is 11.8 Å². The second kappa shape index (κ2) is 9.44. The van der Waals surface area contributed by atoms with E-state index in [9.17, 15) is 9.59 Å². The van der Waals surface area contributed by atoms with Crippen LogP contribution in [0.15, 0.2) is 24.3 Å². The molecular weight excluding hydrogens is 316 g/mol. The highest BCUT2D eigenvalue weighted by Gasteiger charge is 2.26. The van der Waals surface area contributed by atoms with Crippen molar-refractivity contribution in [1.82, 2.24) is 10.2 Å². The van der Waals surface area contributed by atoms with Crippen LogP contribution in [0.5, 0.6) is 5.75 Å². The third kappa shape index (κ3) is 6.07. The van der Waals surface area contributed by atoms with E-state index >= 15 is 0 Å². The van der Waals surface area contributed by atoms with E-state index in [4.69, 9.17) is 4.74 Å². The second-order valence-electron chi connectivity index (χ2n) is 6.81. The van der Waals surface area contributed by atoms with Crippen molar-refractivity contribution in [2.24, 2.45) is 5.92 Å². The fourth-order valence-electron chi connectivity index (χ4n) is 3.37. The lowest BCUT2D eigenvalue weighted by Crippen LogP contribution is -2.49. The summed E-state index contributed by atoms with van der Waals surface area (Å²) in [6.45, 7) is 7.45. The quantitative estimate of drug-likeness (QED) is 0.826. The van der Waals surface area contributed by atoms with Gasteiger partial charge in [-0.05, 0) is 63.1 Å². The molecule has 138 valence electrons. The van der Waals surface area contributed by atoms with Crippen molar-refractivity contribution < 1.29 is 14.3 Å². The zero-order chi connectivity index (χ0) is 18.2. The highest BCUT2D eigenvalue weighted by atomic mass is 16.5. The Balaban J connectivity index is 1.73. The van der Waals surface area contributed by atoms with Crippen LogP contribution in [0, 0.1) is 5.92 Å². The first-order chi connectivity index (χ1) is 12.0. The van der Waals surface area contributed by atoms with Crippen LogP contribution in [0.2, 0.25) is 0 Å². The van der Waals surface area contributed by atoms with Crippen molar-refractivity contribution in [3.05, 3.63) is 29.8 Å². The number of amides is 2. The molecule has 1 N–H and O–H groups in total. The lowest BCUT2D eigenvalue weighted by Gasteiger charge is -2.33. The zero-order valence-electron chi connectivity index (χ0n) is 15.6. The molecule has 0 aromatic heterocycles. The first-order valence-electron chi connectivity index (χ1n) is 9.27. The highest BCUT2D eigenvalue weighted by Crippen LogP contribution is 2.23. The third-order valence-corrected chi connectivity index (χ3v) is 4.79. The van der Waals surface area contributed by atoms with Gasteiger partial charge in [-0.1, -0.05) is 12.1 Å². The minimum atomic E-state index is -0.432. The SMILES string of the molecule is CCOc1ccc(CCC2CCN(C(=O)[C@H](C)NC(C)=O)CC2)cc1. The Labute approximate surface area is 150 Å². The van der Waals surface area contributed by atoms with Gasteiger partial charge in [0.2, 0.25) is 11.8 Å². The molecule has 2 rings (SSSR count). The van der Waals surface area contributed by atoms with Crippen LogP contribution in [-0.4, -0.2) is 42.5 Å². The van der Waals surface area contributed by atoms with Crippen molar-refractivity contribution in [1.29, 1.82) is 0 Å². The third-order valence-electron chi connectivity index (χ3n) is 4.79. The maximum absolute atomic E-state index is 12.3. The molecule has 0 spiro atoms. The Bertz CT molecular complexity index is 563. The van der Waals surface area contributed by atoms with Gasteiger partial charge in [0.1, 0.15) is 11.8 Å². The molecule has 0 bridgehead atoms. The van der Waals surface area contributed by atoms with E-state index in [0.29, 0.717) is 12.5 Å². The topological polar surface area (TPSA) is 58.6 Å². The predicted octanol–water partition coefficient (Wildman–Crippen LogP) is 2.78. The molecule has 1 aliphatic heterocycles. The predicted molar refractivity (Wildman–Crippen MR) is 98.5 cm³/mol. The number of hydrogen-bond donors (Lipinski definition) is 1.